The summed E-state index contributed by atoms with van der Waals surface area (Å²) in [6, 6.07) is 11.3. The van der Waals surface area contributed by atoms with Crippen LogP contribution in [0.25, 0.3) is 11.4 Å². The maximum Gasteiger partial charge on any atom is 0.266 e. The molecule has 7 nitrogen and oxygen atoms in total. The number of sulfonamides is 1. The van der Waals surface area contributed by atoms with Gasteiger partial charge in [-0.3, -0.25) is 9.52 Å². The van der Waals surface area contributed by atoms with E-state index in [1.54, 1.807) is 30.3 Å². The smallest absolute Gasteiger partial charge is 0.266 e. The summed E-state index contributed by atoms with van der Waals surface area (Å²) >= 11 is 12.8. The van der Waals surface area contributed by atoms with Crippen LogP contribution in [0.4, 0.5) is 10.8 Å². The second-order valence-electron chi connectivity index (χ2n) is 5.34. The number of nitrogens with zero attached hydrogens (tertiary/aromatic N) is 2. The number of carbonyl (C=O) groups excluding carboxylic acids is 1. The lowest BCUT2D eigenvalue weighted by atomic mass is 10.2. The first kappa shape index (κ1) is 19.6. The van der Waals surface area contributed by atoms with E-state index < -0.39 is 10.0 Å². The third kappa shape index (κ3) is 4.56. The van der Waals surface area contributed by atoms with Crippen molar-refractivity contribution in [3.8, 4) is 11.4 Å². The summed E-state index contributed by atoms with van der Waals surface area (Å²) < 4.78 is 31.6. The molecule has 1 heterocycles. The molecule has 0 aliphatic rings. The predicted octanol–water partition coefficient (Wildman–Crippen LogP) is 4.27. The van der Waals surface area contributed by atoms with Gasteiger partial charge in [0.25, 0.3) is 10.0 Å². The van der Waals surface area contributed by atoms with Crippen molar-refractivity contribution >= 4 is 61.5 Å². The molecular weight excluding hydrogens is 431 g/mol. The number of benzene rings is 2. The Morgan fingerprint density at radius 1 is 1.07 bits per heavy atom. The zero-order valence-corrected chi connectivity index (χ0v) is 16.9. The van der Waals surface area contributed by atoms with E-state index in [0.29, 0.717) is 17.1 Å². The van der Waals surface area contributed by atoms with Crippen molar-refractivity contribution in [1.29, 1.82) is 0 Å². The number of carbonyl (C=O) groups is 1. The minimum Gasteiger partial charge on any atom is -0.326 e. The Bertz CT molecular complexity index is 1080. The van der Waals surface area contributed by atoms with Crippen LogP contribution in [0.3, 0.4) is 0 Å². The lowest BCUT2D eigenvalue weighted by molar-refractivity contribution is -0.114. The van der Waals surface area contributed by atoms with Crippen molar-refractivity contribution in [2.24, 2.45) is 0 Å². The van der Waals surface area contributed by atoms with Gasteiger partial charge in [-0.15, -0.1) is 0 Å². The molecule has 0 aliphatic heterocycles. The SMILES string of the molecule is CC(=O)Nc1ccc(-c2nsc(NS(=O)(=O)c3c(Cl)cccc3Cl)n2)cc1. The van der Waals surface area contributed by atoms with Crippen molar-refractivity contribution in [3.05, 3.63) is 52.5 Å². The van der Waals surface area contributed by atoms with Gasteiger partial charge in [0.15, 0.2) is 5.82 Å². The van der Waals surface area contributed by atoms with Crippen LogP contribution in [0.5, 0.6) is 0 Å². The average molecular weight is 443 g/mol. The molecule has 1 amide bonds. The Labute approximate surface area is 169 Å². The van der Waals surface area contributed by atoms with E-state index in [1.165, 1.54) is 19.1 Å². The minimum absolute atomic E-state index is 0.00768. The molecule has 27 heavy (non-hydrogen) atoms. The van der Waals surface area contributed by atoms with E-state index >= 15 is 0 Å². The highest BCUT2D eigenvalue weighted by Gasteiger charge is 2.23. The normalized spacial score (nSPS) is 11.2. The van der Waals surface area contributed by atoms with Crippen LogP contribution in [-0.2, 0) is 14.8 Å². The first-order valence-electron chi connectivity index (χ1n) is 7.45. The van der Waals surface area contributed by atoms with E-state index in [9.17, 15) is 13.2 Å². The first-order valence-corrected chi connectivity index (χ1v) is 10.5. The number of hydrogen-bond donors (Lipinski definition) is 2. The summed E-state index contributed by atoms with van der Waals surface area (Å²) in [5, 5.41) is 2.75. The molecule has 0 spiro atoms. The van der Waals surface area contributed by atoms with E-state index in [1.807, 2.05) is 0 Å². The highest BCUT2D eigenvalue weighted by Crippen LogP contribution is 2.31. The molecule has 2 N–H and O–H groups in total. The molecule has 2 aromatic carbocycles. The Balaban J connectivity index is 1.83. The summed E-state index contributed by atoms with van der Waals surface area (Å²) in [6.07, 6.45) is 0. The van der Waals surface area contributed by atoms with Crippen molar-refractivity contribution < 1.29 is 13.2 Å². The van der Waals surface area contributed by atoms with E-state index in [-0.39, 0.29) is 26.0 Å². The number of halogens is 2. The predicted molar refractivity (Wildman–Crippen MR) is 107 cm³/mol. The van der Waals surface area contributed by atoms with Gasteiger partial charge < -0.3 is 5.32 Å². The van der Waals surface area contributed by atoms with Crippen LogP contribution in [0.2, 0.25) is 10.0 Å². The Kier molecular flexibility index (Phi) is 5.66. The lowest BCUT2D eigenvalue weighted by Gasteiger charge is -2.08. The van der Waals surface area contributed by atoms with E-state index in [0.717, 1.165) is 11.5 Å². The molecule has 3 rings (SSSR count). The molecule has 0 saturated carbocycles. The molecule has 140 valence electrons. The summed E-state index contributed by atoms with van der Waals surface area (Å²) in [4.78, 5) is 15.0. The highest BCUT2D eigenvalue weighted by molar-refractivity contribution is 7.93. The van der Waals surface area contributed by atoms with Crippen LogP contribution in [0, 0.1) is 0 Å². The molecule has 3 aromatic rings. The summed E-state index contributed by atoms with van der Waals surface area (Å²) in [5.74, 6) is 0.168. The van der Waals surface area contributed by atoms with Gasteiger partial charge in [-0.05, 0) is 36.4 Å². The third-order valence-electron chi connectivity index (χ3n) is 3.30. The highest BCUT2D eigenvalue weighted by atomic mass is 35.5. The number of anilines is 2. The zero-order valence-electron chi connectivity index (χ0n) is 13.7. The zero-order chi connectivity index (χ0) is 19.6. The van der Waals surface area contributed by atoms with Crippen molar-refractivity contribution in [2.45, 2.75) is 11.8 Å². The second kappa shape index (κ2) is 7.81. The molecule has 0 radical (unpaired) electrons. The van der Waals surface area contributed by atoms with Crippen molar-refractivity contribution in [3.63, 3.8) is 0 Å². The first-order chi connectivity index (χ1) is 12.8. The fourth-order valence-corrected chi connectivity index (χ4v) is 5.15. The molecule has 0 fully saturated rings. The van der Waals surface area contributed by atoms with Gasteiger partial charge >= 0.3 is 0 Å². The largest absolute Gasteiger partial charge is 0.326 e. The number of amides is 1. The Morgan fingerprint density at radius 3 is 2.30 bits per heavy atom. The van der Waals surface area contributed by atoms with Crippen LogP contribution < -0.4 is 10.0 Å². The summed E-state index contributed by atoms with van der Waals surface area (Å²) in [5.41, 5.74) is 1.30. The molecule has 1 aromatic heterocycles. The van der Waals surface area contributed by atoms with Gasteiger partial charge in [-0.25, -0.2) is 8.42 Å². The monoisotopic (exact) mass is 442 g/mol. The molecule has 0 aliphatic carbocycles. The number of aromatic nitrogens is 2. The maximum atomic E-state index is 12.6. The van der Waals surface area contributed by atoms with Crippen molar-refractivity contribution in [2.75, 3.05) is 10.0 Å². The minimum atomic E-state index is -4.02. The molecule has 0 bridgehead atoms. The van der Waals surface area contributed by atoms with Gasteiger partial charge in [0.2, 0.25) is 11.0 Å². The number of nitrogens with one attached hydrogen (secondary N) is 2. The number of rotatable bonds is 5. The molecule has 0 atom stereocenters. The Morgan fingerprint density at radius 2 is 1.70 bits per heavy atom. The van der Waals surface area contributed by atoms with Crippen LogP contribution in [0.15, 0.2) is 47.4 Å². The summed E-state index contributed by atoms with van der Waals surface area (Å²) in [6.45, 7) is 1.42. The van der Waals surface area contributed by atoms with E-state index in [4.69, 9.17) is 23.2 Å². The molecule has 0 unspecified atom stereocenters. The number of hydrogen-bond acceptors (Lipinski definition) is 6. The average Bonchev–Trinajstić information content (AvgIpc) is 3.02. The van der Waals surface area contributed by atoms with Gasteiger partial charge in [-0.1, -0.05) is 29.3 Å². The van der Waals surface area contributed by atoms with Crippen LogP contribution >= 0.6 is 34.7 Å². The van der Waals surface area contributed by atoms with E-state index in [2.05, 4.69) is 19.4 Å². The fourth-order valence-electron chi connectivity index (χ4n) is 2.19. The summed E-state index contributed by atoms with van der Waals surface area (Å²) in [7, 11) is -4.02. The third-order valence-corrected chi connectivity index (χ3v) is 6.35. The molecule has 0 saturated heterocycles. The fraction of sp³-hybridized carbons (Fsp3) is 0.0625. The van der Waals surface area contributed by atoms with Crippen LogP contribution in [0.1, 0.15) is 6.92 Å². The van der Waals surface area contributed by atoms with Crippen molar-refractivity contribution in [1.82, 2.24) is 9.36 Å². The standard InChI is InChI=1S/C16H12Cl2N4O3S2/c1-9(23)19-11-7-5-10(6-8-11)15-20-16(26-21-15)22-27(24,25)14-12(17)3-2-4-13(14)18/h2-8H,1H3,(H,19,23)(H,20,21,22). The maximum absolute atomic E-state index is 12.6. The lowest BCUT2D eigenvalue weighted by Crippen LogP contribution is -2.13. The quantitative estimate of drug-likeness (QED) is 0.613. The van der Waals surface area contributed by atoms with Gasteiger partial charge in [-0.2, -0.15) is 9.36 Å². The van der Waals surface area contributed by atoms with Gasteiger partial charge in [0.1, 0.15) is 4.90 Å². The topological polar surface area (TPSA) is 101 Å². The molecule has 11 heteroatoms. The second-order valence-corrected chi connectivity index (χ2v) is 8.52. The van der Waals surface area contributed by atoms with Gasteiger partial charge in [0.05, 0.1) is 10.0 Å². The van der Waals surface area contributed by atoms with Gasteiger partial charge in [0, 0.05) is 29.7 Å². The Hall–Kier alpha value is -2.20. The van der Waals surface area contributed by atoms with Crippen LogP contribution in [-0.4, -0.2) is 23.7 Å². The molecular formula is C16H12Cl2N4O3S2.